The van der Waals surface area contributed by atoms with Crippen molar-refractivity contribution >= 4 is 69.5 Å². The topological polar surface area (TPSA) is 112 Å². The van der Waals surface area contributed by atoms with E-state index in [0.29, 0.717) is 54.1 Å². The molecule has 52 heavy (non-hydrogen) atoms. The molecule has 12 heteroatoms. The van der Waals surface area contributed by atoms with Gasteiger partial charge in [0.2, 0.25) is 0 Å². The number of imide groups is 3. The number of thiophene rings is 3. The molecule has 0 aliphatic carbocycles. The summed E-state index contributed by atoms with van der Waals surface area (Å²) in [5.74, 6) is -2.72. The van der Waals surface area contributed by atoms with Gasteiger partial charge in [0.15, 0.2) is 0 Å². The summed E-state index contributed by atoms with van der Waals surface area (Å²) in [6, 6.07) is -0.385. The average Bonchev–Trinajstić information content (AvgIpc) is 3.88. The fraction of sp³-hybridized carbons (Fsp3) is 0.500. The zero-order valence-electron chi connectivity index (χ0n) is 31.8. The van der Waals surface area contributed by atoms with E-state index in [1.807, 2.05) is 41.5 Å². The molecule has 6 amide bonds. The molecule has 0 unspecified atom stereocenters. The zero-order valence-corrected chi connectivity index (χ0v) is 34.2. The molecule has 0 bridgehead atoms. The minimum Gasteiger partial charge on any atom is -0.277 e. The number of hydrogen-bond acceptors (Lipinski definition) is 9. The molecule has 3 aromatic heterocycles. The van der Waals surface area contributed by atoms with Crippen LogP contribution in [0.2, 0.25) is 0 Å². The number of allylic oxidation sites excluding steroid dienone is 1. The highest BCUT2D eigenvalue weighted by Gasteiger charge is 2.50. The molecule has 276 valence electrons. The summed E-state index contributed by atoms with van der Waals surface area (Å²) >= 11 is 3.80. The van der Waals surface area contributed by atoms with Gasteiger partial charge < -0.3 is 0 Å². The molecule has 0 fully saturated rings. The molecule has 3 aliphatic heterocycles. The van der Waals surface area contributed by atoms with Crippen molar-refractivity contribution in [3.63, 3.8) is 0 Å². The Morgan fingerprint density at radius 2 is 1.06 bits per heavy atom. The Morgan fingerprint density at radius 1 is 0.615 bits per heavy atom. The fourth-order valence-electron chi connectivity index (χ4n) is 7.20. The van der Waals surface area contributed by atoms with Crippen LogP contribution < -0.4 is 0 Å². The number of rotatable bonds is 12. The van der Waals surface area contributed by atoms with E-state index in [1.54, 1.807) is 13.8 Å². The summed E-state index contributed by atoms with van der Waals surface area (Å²) in [6.07, 6.45) is 6.30. The molecule has 0 saturated carbocycles. The van der Waals surface area contributed by atoms with Gasteiger partial charge in [-0.05, 0) is 43.9 Å². The summed E-state index contributed by atoms with van der Waals surface area (Å²) in [5, 5.41) is 0. The SMILES string of the molecule is C=C(CCCCCCC)N1C(=O)c2c(-c3sc(-c4sc(C(C)(C)CC)c5c4C(=O)N(C(C)C)C5=O)c4c3C(=O)N(C)C4=O)sc(C(C)(C)C)c2C1=O. The normalized spacial score (nSPS) is 16.0. The number of unbranched alkanes of at least 4 members (excludes halogenated alkanes) is 4. The molecule has 0 atom stereocenters. The van der Waals surface area contributed by atoms with Crippen LogP contribution in [0.15, 0.2) is 12.3 Å². The number of carbonyl (C=O) groups is 6. The quantitative estimate of drug-likeness (QED) is 0.134. The van der Waals surface area contributed by atoms with E-state index in [-0.39, 0.29) is 34.2 Å². The van der Waals surface area contributed by atoms with Crippen LogP contribution in [-0.2, 0) is 10.8 Å². The number of hydrogen-bond donors (Lipinski definition) is 0. The van der Waals surface area contributed by atoms with Gasteiger partial charge in [-0.2, -0.15) is 0 Å². The van der Waals surface area contributed by atoms with Crippen molar-refractivity contribution in [3.8, 4) is 19.5 Å². The highest BCUT2D eigenvalue weighted by molar-refractivity contribution is 7.28. The van der Waals surface area contributed by atoms with E-state index in [4.69, 9.17) is 0 Å². The molecule has 3 aromatic rings. The van der Waals surface area contributed by atoms with Gasteiger partial charge in [-0.15, -0.1) is 34.0 Å². The third-order valence-corrected chi connectivity index (χ3v) is 15.1. The van der Waals surface area contributed by atoms with Gasteiger partial charge in [0.1, 0.15) is 0 Å². The Labute approximate surface area is 317 Å². The van der Waals surface area contributed by atoms with E-state index >= 15 is 0 Å². The fourth-order valence-corrected chi connectivity index (χ4v) is 11.6. The third kappa shape index (κ3) is 5.58. The smallest absolute Gasteiger partial charge is 0.267 e. The molecule has 0 radical (unpaired) electrons. The molecule has 3 aliphatic rings. The first-order valence-electron chi connectivity index (χ1n) is 18.1. The molecule has 9 nitrogen and oxygen atoms in total. The second-order valence-corrected chi connectivity index (χ2v) is 19.0. The summed E-state index contributed by atoms with van der Waals surface area (Å²) in [5.41, 5.74) is 0.922. The van der Waals surface area contributed by atoms with Gasteiger partial charge in [0, 0.05) is 28.5 Å². The molecule has 0 aromatic carbocycles. The van der Waals surface area contributed by atoms with Crippen LogP contribution in [0.5, 0.6) is 0 Å². The molecular weight excluding hydrogens is 715 g/mol. The zero-order chi connectivity index (χ0) is 38.4. The van der Waals surface area contributed by atoms with Crippen molar-refractivity contribution in [2.75, 3.05) is 7.05 Å². The Hall–Kier alpha value is -3.74. The predicted molar refractivity (Wildman–Crippen MR) is 208 cm³/mol. The average molecular weight is 762 g/mol. The Bertz CT molecular complexity index is 2100. The molecule has 0 saturated heterocycles. The van der Waals surface area contributed by atoms with Crippen LogP contribution in [-0.4, -0.2) is 63.2 Å². The third-order valence-electron chi connectivity index (χ3n) is 10.5. The number of fused-ring (bicyclic) bond motifs is 3. The van der Waals surface area contributed by atoms with Crippen molar-refractivity contribution in [1.29, 1.82) is 0 Å². The van der Waals surface area contributed by atoms with Gasteiger partial charge in [-0.3, -0.25) is 38.6 Å². The van der Waals surface area contributed by atoms with E-state index in [0.717, 1.165) is 41.9 Å². The lowest BCUT2D eigenvalue weighted by molar-refractivity contribution is 0.0603. The van der Waals surface area contributed by atoms with Crippen LogP contribution in [0.3, 0.4) is 0 Å². The first-order valence-corrected chi connectivity index (χ1v) is 20.5. The monoisotopic (exact) mass is 761 g/mol. The second-order valence-electron chi connectivity index (χ2n) is 15.9. The lowest BCUT2D eigenvalue weighted by atomic mass is 9.85. The van der Waals surface area contributed by atoms with Gasteiger partial charge in [0.25, 0.3) is 35.4 Å². The van der Waals surface area contributed by atoms with Crippen LogP contribution in [0.4, 0.5) is 0 Å². The first kappa shape index (κ1) is 38.0. The molecule has 6 heterocycles. The standard InChI is InChI=1S/C40H47N3O6S3/c1-12-14-15-16-17-18-20(5)43-36(47)23-25(38(43)49)31(39(6,7)8)51-29(23)27-21-22(34(45)41(11)33(21)44)28(50-27)30-24-26(32(52-30)40(9,10)13-2)37(48)42(19(3)4)35(24)46/h19H,5,12-18H2,1-4,6-11H3. The van der Waals surface area contributed by atoms with Gasteiger partial charge in [0.05, 0.1) is 52.9 Å². The van der Waals surface area contributed by atoms with E-state index < -0.39 is 40.4 Å². The number of nitrogens with zero attached hydrogens (tertiary/aromatic N) is 3. The lowest BCUT2D eigenvalue weighted by Gasteiger charge is -2.24. The molecular formula is C40H47N3O6S3. The minimum atomic E-state index is -0.525. The summed E-state index contributed by atoms with van der Waals surface area (Å²) in [6.45, 7) is 21.9. The maximum atomic E-state index is 14.4. The Balaban J connectivity index is 1.58. The van der Waals surface area contributed by atoms with Crippen LogP contribution in [0.25, 0.3) is 19.5 Å². The molecule has 6 rings (SSSR count). The van der Waals surface area contributed by atoms with Crippen molar-refractivity contribution < 1.29 is 28.8 Å². The van der Waals surface area contributed by atoms with Crippen LogP contribution in [0.1, 0.15) is 179 Å². The second kappa shape index (κ2) is 13.3. The summed E-state index contributed by atoms with van der Waals surface area (Å²) in [7, 11) is 1.42. The highest BCUT2D eigenvalue weighted by atomic mass is 32.1. The first-order chi connectivity index (χ1) is 24.3. The van der Waals surface area contributed by atoms with E-state index in [2.05, 4.69) is 13.5 Å². The maximum Gasteiger partial charge on any atom is 0.267 e. The minimum absolute atomic E-state index is 0.154. The van der Waals surface area contributed by atoms with E-state index in [9.17, 15) is 28.8 Å². The lowest BCUT2D eigenvalue weighted by Crippen LogP contribution is -2.36. The van der Waals surface area contributed by atoms with Crippen molar-refractivity contribution in [2.45, 2.75) is 124 Å². The van der Waals surface area contributed by atoms with Gasteiger partial charge in [-0.25, -0.2) is 4.90 Å². The Kier molecular flexibility index (Phi) is 9.71. The summed E-state index contributed by atoms with van der Waals surface area (Å²) in [4.78, 5) is 91.2. The number of carbonyl (C=O) groups excluding carboxylic acids is 6. The van der Waals surface area contributed by atoms with Crippen LogP contribution >= 0.6 is 34.0 Å². The van der Waals surface area contributed by atoms with Gasteiger partial charge >= 0.3 is 0 Å². The molecule has 0 spiro atoms. The Morgan fingerprint density at radius 3 is 1.58 bits per heavy atom. The van der Waals surface area contributed by atoms with Gasteiger partial charge in [-0.1, -0.05) is 80.7 Å². The van der Waals surface area contributed by atoms with Crippen molar-refractivity contribution in [2.24, 2.45) is 0 Å². The van der Waals surface area contributed by atoms with Crippen LogP contribution in [0, 0.1) is 0 Å². The molecule has 0 N–H and O–H groups in total. The number of amides is 6. The van der Waals surface area contributed by atoms with Crippen molar-refractivity contribution in [1.82, 2.24) is 14.7 Å². The maximum absolute atomic E-state index is 14.4. The summed E-state index contributed by atoms with van der Waals surface area (Å²) < 4.78 is 0. The largest absolute Gasteiger partial charge is 0.277 e. The highest BCUT2D eigenvalue weighted by Crippen LogP contribution is 2.56. The van der Waals surface area contributed by atoms with Crippen molar-refractivity contribution in [3.05, 3.63) is 55.4 Å². The van der Waals surface area contributed by atoms with E-state index in [1.165, 1.54) is 50.9 Å². The predicted octanol–water partition coefficient (Wildman–Crippen LogP) is 9.89.